The van der Waals surface area contributed by atoms with Gasteiger partial charge >= 0.3 is 6.01 Å². The molecule has 0 saturated carbocycles. The Bertz CT molecular complexity index is 284. The first kappa shape index (κ1) is 11.9. The molecule has 0 amide bonds. The molecule has 0 bridgehead atoms. The minimum absolute atomic E-state index is 0.320. The molecular weight excluding hydrogens is 190 g/mol. The molecule has 1 atom stereocenters. The Morgan fingerprint density at radius 1 is 1.33 bits per heavy atom. The molecule has 1 rings (SSSR count). The molecule has 0 aliphatic carbocycles. The van der Waals surface area contributed by atoms with Gasteiger partial charge < -0.3 is 10.5 Å². The Kier molecular flexibility index (Phi) is 4.49. The van der Waals surface area contributed by atoms with Crippen molar-refractivity contribution in [3.8, 4) is 6.01 Å². The standard InChI is InChI=1S/C11H19N3O/c1-4-15-11-13-6-9(7-14-11)10(5-12)8(2)3/h6-8,10H,4-5,12H2,1-3H3. The monoisotopic (exact) mass is 209 g/mol. The molecule has 0 aromatic carbocycles. The number of rotatable bonds is 5. The van der Waals surface area contributed by atoms with Crippen molar-refractivity contribution in [2.75, 3.05) is 13.2 Å². The Morgan fingerprint density at radius 3 is 2.33 bits per heavy atom. The molecule has 4 nitrogen and oxygen atoms in total. The van der Waals surface area contributed by atoms with Gasteiger partial charge in [-0.25, -0.2) is 9.97 Å². The molecule has 84 valence electrons. The van der Waals surface area contributed by atoms with Gasteiger partial charge in [-0.1, -0.05) is 13.8 Å². The van der Waals surface area contributed by atoms with E-state index < -0.39 is 0 Å². The van der Waals surface area contributed by atoms with Gasteiger partial charge in [0.2, 0.25) is 0 Å². The van der Waals surface area contributed by atoms with E-state index in [1.54, 1.807) is 12.4 Å². The van der Waals surface area contributed by atoms with Crippen LogP contribution in [0.1, 0.15) is 32.3 Å². The van der Waals surface area contributed by atoms with E-state index in [0.29, 0.717) is 31.0 Å². The molecule has 4 heteroatoms. The summed E-state index contributed by atoms with van der Waals surface area (Å²) in [6, 6.07) is 0.431. The summed E-state index contributed by atoms with van der Waals surface area (Å²) in [4.78, 5) is 8.26. The van der Waals surface area contributed by atoms with Gasteiger partial charge in [0.25, 0.3) is 0 Å². The van der Waals surface area contributed by atoms with Crippen LogP contribution < -0.4 is 10.5 Å². The van der Waals surface area contributed by atoms with Crippen LogP contribution in [0.15, 0.2) is 12.4 Å². The second kappa shape index (κ2) is 5.66. The highest BCUT2D eigenvalue weighted by Gasteiger charge is 2.14. The van der Waals surface area contributed by atoms with Crippen LogP contribution in [0.5, 0.6) is 6.01 Å². The molecule has 0 spiro atoms. The largest absolute Gasteiger partial charge is 0.464 e. The van der Waals surface area contributed by atoms with E-state index in [1.165, 1.54) is 0 Å². The topological polar surface area (TPSA) is 61.0 Å². The highest BCUT2D eigenvalue weighted by Crippen LogP contribution is 2.22. The minimum atomic E-state index is 0.320. The van der Waals surface area contributed by atoms with Gasteiger partial charge in [-0.2, -0.15) is 0 Å². The molecule has 15 heavy (non-hydrogen) atoms. The first-order valence-corrected chi connectivity index (χ1v) is 5.33. The Balaban J connectivity index is 2.77. The highest BCUT2D eigenvalue weighted by molar-refractivity contribution is 5.14. The Labute approximate surface area is 90.9 Å². The molecular formula is C11H19N3O. The molecule has 0 aliphatic rings. The SMILES string of the molecule is CCOc1ncc(C(CN)C(C)C)cn1. The summed E-state index contributed by atoms with van der Waals surface area (Å²) in [7, 11) is 0. The van der Waals surface area contributed by atoms with Gasteiger partial charge in [-0.05, 0) is 24.9 Å². The third-order valence-electron chi connectivity index (χ3n) is 2.41. The molecule has 0 fully saturated rings. The van der Waals surface area contributed by atoms with Crippen molar-refractivity contribution in [2.24, 2.45) is 11.7 Å². The van der Waals surface area contributed by atoms with E-state index in [0.717, 1.165) is 5.56 Å². The smallest absolute Gasteiger partial charge is 0.316 e. The van der Waals surface area contributed by atoms with E-state index in [9.17, 15) is 0 Å². The van der Waals surface area contributed by atoms with Crippen LogP contribution >= 0.6 is 0 Å². The van der Waals surface area contributed by atoms with E-state index in [-0.39, 0.29) is 0 Å². The van der Waals surface area contributed by atoms with Crippen molar-refractivity contribution in [1.29, 1.82) is 0 Å². The average molecular weight is 209 g/mol. The van der Waals surface area contributed by atoms with Crippen molar-refractivity contribution in [3.63, 3.8) is 0 Å². The third kappa shape index (κ3) is 3.16. The van der Waals surface area contributed by atoms with Crippen LogP contribution in [0.4, 0.5) is 0 Å². The van der Waals surface area contributed by atoms with Gasteiger partial charge in [0.05, 0.1) is 6.61 Å². The van der Waals surface area contributed by atoms with Crippen LogP contribution in [-0.4, -0.2) is 23.1 Å². The van der Waals surface area contributed by atoms with Crippen LogP contribution in [0.3, 0.4) is 0 Å². The number of nitrogens with two attached hydrogens (primary N) is 1. The number of hydrogen-bond donors (Lipinski definition) is 1. The molecule has 2 N–H and O–H groups in total. The summed E-state index contributed by atoms with van der Waals surface area (Å²) in [5, 5.41) is 0. The lowest BCUT2D eigenvalue weighted by molar-refractivity contribution is 0.311. The van der Waals surface area contributed by atoms with Crippen LogP contribution in [-0.2, 0) is 0 Å². The fourth-order valence-corrected chi connectivity index (χ4v) is 1.51. The first-order chi connectivity index (χ1) is 7.19. The molecule has 1 unspecified atom stereocenters. The normalized spacial score (nSPS) is 12.9. The molecule has 1 heterocycles. The summed E-state index contributed by atoms with van der Waals surface area (Å²) in [5.74, 6) is 0.817. The van der Waals surface area contributed by atoms with E-state index in [2.05, 4.69) is 23.8 Å². The summed E-state index contributed by atoms with van der Waals surface area (Å²) in [5.41, 5.74) is 6.80. The quantitative estimate of drug-likeness (QED) is 0.799. The molecule has 0 radical (unpaired) electrons. The predicted octanol–water partition coefficient (Wildman–Crippen LogP) is 1.57. The molecule has 1 aromatic rings. The van der Waals surface area contributed by atoms with Crippen molar-refractivity contribution in [2.45, 2.75) is 26.7 Å². The van der Waals surface area contributed by atoms with Crippen molar-refractivity contribution in [1.82, 2.24) is 9.97 Å². The van der Waals surface area contributed by atoms with Gasteiger partial charge in [0, 0.05) is 18.3 Å². The van der Waals surface area contributed by atoms with Crippen molar-refractivity contribution >= 4 is 0 Å². The van der Waals surface area contributed by atoms with Gasteiger partial charge in [-0.3, -0.25) is 0 Å². The second-order valence-electron chi connectivity index (χ2n) is 3.82. The third-order valence-corrected chi connectivity index (χ3v) is 2.41. The van der Waals surface area contributed by atoms with E-state index in [1.807, 2.05) is 6.92 Å². The van der Waals surface area contributed by atoms with Crippen LogP contribution in [0.25, 0.3) is 0 Å². The zero-order valence-electron chi connectivity index (χ0n) is 9.60. The van der Waals surface area contributed by atoms with Crippen molar-refractivity contribution < 1.29 is 4.74 Å². The maximum Gasteiger partial charge on any atom is 0.316 e. The number of hydrogen-bond acceptors (Lipinski definition) is 4. The number of nitrogens with zero attached hydrogens (tertiary/aromatic N) is 2. The highest BCUT2D eigenvalue weighted by atomic mass is 16.5. The average Bonchev–Trinajstić information content (AvgIpc) is 2.21. The maximum absolute atomic E-state index is 5.72. The summed E-state index contributed by atoms with van der Waals surface area (Å²) < 4.78 is 5.18. The first-order valence-electron chi connectivity index (χ1n) is 5.33. The maximum atomic E-state index is 5.72. The lowest BCUT2D eigenvalue weighted by Crippen LogP contribution is -2.18. The minimum Gasteiger partial charge on any atom is -0.464 e. The fourth-order valence-electron chi connectivity index (χ4n) is 1.51. The van der Waals surface area contributed by atoms with E-state index >= 15 is 0 Å². The molecule has 0 aliphatic heterocycles. The summed E-state index contributed by atoms with van der Waals surface area (Å²) in [6.45, 7) is 7.41. The lowest BCUT2D eigenvalue weighted by atomic mass is 9.90. The van der Waals surface area contributed by atoms with Crippen LogP contribution in [0, 0.1) is 5.92 Å². The lowest BCUT2D eigenvalue weighted by Gasteiger charge is -2.18. The van der Waals surface area contributed by atoms with Crippen LogP contribution in [0.2, 0.25) is 0 Å². The molecule has 0 saturated heterocycles. The predicted molar refractivity (Wildman–Crippen MR) is 59.8 cm³/mol. The van der Waals surface area contributed by atoms with Crippen molar-refractivity contribution in [3.05, 3.63) is 18.0 Å². The summed E-state index contributed by atoms with van der Waals surface area (Å²) in [6.07, 6.45) is 3.60. The molecule has 1 aromatic heterocycles. The zero-order chi connectivity index (χ0) is 11.3. The summed E-state index contributed by atoms with van der Waals surface area (Å²) >= 11 is 0. The number of ether oxygens (including phenoxy) is 1. The van der Waals surface area contributed by atoms with Gasteiger partial charge in [0.15, 0.2) is 0 Å². The van der Waals surface area contributed by atoms with Gasteiger partial charge in [0.1, 0.15) is 0 Å². The Morgan fingerprint density at radius 2 is 1.93 bits per heavy atom. The Hall–Kier alpha value is -1.16. The zero-order valence-corrected chi connectivity index (χ0v) is 9.60. The van der Waals surface area contributed by atoms with Gasteiger partial charge in [-0.15, -0.1) is 0 Å². The van der Waals surface area contributed by atoms with E-state index in [4.69, 9.17) is 10.5 Å². The number of aromatic nitrogens is 2. The fraction of sp³-hybridized carbons (Fsp3) is 0.636. The second-order valence-corrected chi connectivity index (χ2v) is 3.82.